The predicted octanol–water partition coefficient (Wildman–Crippen LogP) is 2.50. The molecule has 1 aliphatic carbocycles. The lowest BCUT2D eigenvalue weighted by Gasteiger charge is -2.35. The zero-order chi connectivity index (χ0) is 17.7. The van der Waals surface area contributed by atoms with E-state index in [4.69, 9.17) is 0 Å². The first-order valence-corrected chi connectivity index (χ1v) is 9.54. The SMILES string of the molecule is C[C@]1(CNC(=O)NC[C@@H]2CC[C@H](O)C2)CCCN1Cc1ccccc1. The molecule has 0 spiro atoms. The minimum Gasteiger partial charge on any atom is -0.393 e. The van der Waals surface area contributed by atoms with Crippen LogP contribution in [0, 0.1) is 5.92 Å². The number of nitrogens with zero attached hydrogens (tertiary/aromatic N) is 1. The highest BCUT2D eigenvalue weighted by atomic mass is 16.3. The number of amides is 2. The fourth-order valence-electron chi connectivity index (χ4n) is 4.16. The van der Waals surface area contributed by atoms with Gasteiger partial charge in [-0.15, -0.1) is 0 Å². The van der Waals surface area contributed by atoms with Crippen molar-refractivity contribution in [3.63, 3.8) is 0 Å². The van der Waals surface area contributed by atoms with E-state index in [1.54, 1.807) is 0 Å². The molecule has 0 radical (unpaired) electrons. The van der Waals surface area contributed by atoms with E-state index < -0.39 is 0 Å². The van der Waals surface area contributed by atoms with Gasteiger partial charge in [0.25, 0.3) is 0 Å². The lowest BCUT2D eigenvalue weighted by Crippen LogP contribution is -2.51. The van der Waals surface area contributed by atoms with Gasteiger partial charge in [0.15, 0.2) is 0 Å². The molecule has 0 bridgehead atoms. The van der Waals surface area contributed by atoms with Gasteiger partial charge in [0.1, 0.15) is 0 Å². The molecular formula is C20H31N3O2. The van der Waals surface area contributed by atoms with Crippen molar-refractivity contribution < 1.29 is 9.90 Å². The van der Waals surface area contributed by atoms with E-state index in [-0.39, 0.29) is 17.7 Å². The van der Waals surface area contributed by atoms with Crippen LogP contribution in [0.5, 0.6) is 0 Å². The number of carbonyl (C=O) groups excluding carboxylic acids is 1. The maximum Gasteiger partial charge on any atom is 0.314 e. The zero-order valence-electron chi connectivity index (χ0n) is 15.2. The Kier molecular flexibility index (Phi) is 5.97. The van der Waals surface area contributed by atoms with E-state index in [9.17, 15) is 9.90 Å². The lowest BCUT2D eigenvalue weighted by atomic mass is 9.98. The number of carbonyl (C=O) groups is 1. The third-order valence-corrected chi connectivity index (χ3v) is 5.82. The van der Waals surface area contributed by atoms with Gasteiger partial charge in [-0.25, -0.2) is 4.79 Å². The summed E-state index contributed by atoms with van der Waals surface area (Å²) >= 11 is 0. The first kappa shape index (κ1) is 18.2. The van der Waals surface area contributed by atoms with Crippen molar-refractivity contribution in [1.29, 1.82) is 0 Å². The number of aliphatic hydroxyl groups excluding tert-OH is 1. The van der Waals surface area contributed by atoms with E-state index in [1.165, 1.54) is 12.0 Å². The van der Waals surface area contributed by atoms with Crippen molar-refractivity contribution in [1.82, 2.24) is 15.5 Å². The summed E-state index contributed by atoms with van der Waals surface area (Å²) in [7, 11) is 0. The minimum absolute atomic E-state index is 0.0106. The molecule has 2 aliphatic rings. The number of rotatable bonds is 6. The summed E-state index contributed by atoms with van der Waals surface area (Å²) in [5.41, 5.74) is 1.33. The molecule has 1 heterocycles. The van der Waals surface area contributed by atoms with Gasteiger partial charge in [-0.3, -0.25) is 4.90 Å². The summed E-state index contributed by atoms with van der Waals surface area (Å²) in [4.78, 5) is 14.6. The minimum atomic E-state index is -0.182. The van der Waals surface area contributed by atoms with E-state index >= 15 is 0 Å². The van der Waals surface area contributed by atoms with Crippen LogP contribution in [0.2, 0.25) is 0 Å². The van der Waals surface area contributed by atoms with Crippen molar-refractivity contribution in [2.75, 3.05) is 19.6 Å². The second-order valence-corrected chi connectivity index (χ2v) is 7.90. The Hall–Kier alpha value is -1.59. The van der Waals surface area contributed by atoms with E-state index in [0.29, 0.717) is 19.0 Å². The summed E-state index contributed by atoms with van der Waals surface area (Å²) in [5.74, 6) is 0.414. The summed E-state index contributed by atoms with van der Waals surface area (Å²) in [6.45, 7) is 5.58. The highest BCUT2D eigenvalue weighted by Crippen LogP contribution is 2.30. The Morgan fingerprint density at radius 3 is 2.80 bits per heavy atom. The van der Waals surface area contributed by atoms with Crippen LogP contribution >= 0.6 is 0 Å². The molecule has 0 aromatic heterocycles. The molecule has 1 saturated carbocycles. The number of aliphatic hydroxyl groups is 1. The molecule has 1 aliphatic heterocycles. The quantitative estimate of drug-likeness (QED) is 0.742. The van der Waals surface area contributed by atoms with Crippen LogP contribution in [0.3, 0.4) is 0 Å². The molecule has 1 aromatic carbocycles. The van der Waals surface area contributed by atoms with Crippen LogP contribution in [0.25, 0.3) is 0 Å². The topological polar surface area (TPSA) is 64.6 Å². The number of urea groups is 1. The Bertz CT molecular complexity index is 565. The molecule has 5 heteroatoms. The average molecular weight is 345 g/mol. The second-order valence-electron chi connectivity index (χ2n) is 7.90. The smallest absolute Gasteiger partial charge is 0.314 e. The van der Waals surface area contributed by atoms with Gasteiger partial charge in [-0.1, -0.05) is 30.3 Å². The number of nitrogens with one attached hydrogen (secondary N) is 2. The average Bonchev–Trinajstić information content (AvgIpc) is 3.19. The maximum atomic E-state index is 12.1. The highest BCUT2D eigenvalue weighted by Gasteiger charge is 2.36. The molecule has 2 fully saturated rings. The lowest BCUT2D eigenvalue weighted by molar-refractivity contribution is 0.145. The number of likely N-dealkylation sites (tertiary alicyclic amines) is 1. The van der Waals surface area contributed by atoms with Gasteiger partial charge in [0, 0.05) is 25.2 Å². The third kappa shape index (κ3) is 4.95. The summed E-state index contributed by atoms with van der Waals surface area (Å²) in [5, 5.41) is 15.6. The highest BCUT2D eigenvalue weighted by molar-refractivity contribution is 5.73. The van der Waals surface area contributed by atoms with Crippen molar-refractivity contribution in [3.05, 3.63) is 35.9 Å². The van der Waals surface area contributed by atoms with Crippen LogP contribution in [0.4, 0.5) is 4.79 Å². The zero-order valence-corrected chi connectivity index (χ0v) is 15.2. The van der Waals surface area contributed by atoms with Crippen LogP contribution in [-0.2, 0) is 6.54 Å². The number of benzene rings is 1. The van der Waals surface area contributed by atoms with Crippen LogP contribution in [-0.4, -0.2) is 47.3 Å². The van der Waals surface area contributed by atoms with Gasteiger partial charge >= 0.3 is 6.03 Å². The second kappa shape index (κ2) is 8.19. The maximum absolute atomic E-state index is 12.1. The standard InChI is InChI=1S/C20H31N3O2/c1-20(10-5-11-23(20)14-16-6-3-2-4-7-16)15-22-19(25)21-13-17-8-9-18(24)12-17/h2-4,6-7,17-18,24H,5,8-15H2,1H3,(H2,21,22,25)/t17-,18+,20-/m1/s1. The molecule has 138 valence electrons. The van der Waals surface area contributed by atoms with Gasteiger partial charge in [-0.05, 0) is 57.1 Å². The van der Waals surface area contributed by atoms with Crippen molar-refractivity contribution >= 4 is 6.03 Å². The van der Waals surface area contributed by atoms with Crippen LogP contribution < -0.4 is 10.6 Å². The van der Waals surface area contributed by atoms with Crippen LogP contribution in [0.1, 0.15) is 44.6 Å². The van der Waals surface area contributed by atoms with Crippen molar-refractivity contribution in [3.8, 4) is 0 Å². The molecule has 2 amide bonds. The van der Waals surface area contributed by atoms with E-state index in [2.05, 4.69) is 46.7 Å². The molecule has 3 rings (SSSR count). The summed E-state index contributed by atoms with van der Waals surface area (Å²) in [6.07, 6.45) is 4.77. The first-order chi connectivity index (χ1) is 12.0. The summed E-state index contributed by atoms with van der Waals surface area (Å²) < 4.78 is 0. The predicted molar refractivity (Wildman–Crippen MR) is 99.2 cm³/mol. The molecule has 0 unspecified atom stereocenters. The van der Waals surface area contributed by atoms with Crippen molar-refractivity contribution in [2.24, 2.45) is 5.92 Å². The molecule has 5 nitrogen and oxygen atoms in total. The number of hydrogen-bond donors (Lipinski definition) is 3. The molecule has 25 heavy (non-hydrogen) atoms. The molecule has 1 aromatic rings. The number of hydrogen-bond acceptors (Lipinski definition) is 3. The Morgan fingerprint density at radius 1 is 1.28 bits per heavy atom. The third-order valence-electron chi connectivity index (χ3n) is 5.82. The molecule has 3 N–H and O–H groups in total. The molecular weight excluding hydrogens is 314 g/mol. The Morgan fingerprint density at radius 2 is 2.08 bits per heavy atom. The summed E-state index contributed by atoms with van der Waals surface area (Å²) in [6, 6.07) is 10.4. The van der Waals surface area contributed by atoms with Gasteiger partial charge in [0.2, 0.25) is 0 Å². The Balaban J connectivity index is 1.44. The Labute approximate surface area is 150 Å². The van der Waals surface area contributed by atoms with Gasteiger partial charge in [-0.2, -0.15) is 0 Å². The normalized spacial score (nSPS) is 29.7. The monoisotopic (exact) mass is 345 g/mol. The molecule has 3 atom stereocenters. The molecule has 1 saturated heterocycles. The van der Waals surface area contributed by atoms with Crippen molar-refractivity contribution in [2.45, 2.75) is 57.2 Å². The van der Waals surface area contributed by atoms with Gasteiger partial charge in [0.05, 0.1) is 6.10 Å². The van der Waals surface area contributed by atoms with E-state index in [1.807, 2.05) is 6.07 Å². The fourth-order valence-corrected chi connectivity index (χ4v) is 4.16. The van der Waals surface area contributed by atoms with Gasteiger partial charge < -0.3 is 15.7 Å². The van der Waals surface area contributed by atoms with E-state index in [0.717, 1.165) is 38.8 Å². The first-order valence-electron chi connectivity index (χ1n) is 9.54. The van der Waals surface area contributed by atoms with Crippen LogP contribution in [0.15, 0.2) is 30.3 Å². The largest absolute Gasteiger partial charge is 0.393 e. The fraction of sp³-hybridized carbons (Fsp3) is 0.650.